The van der Waals surface area contributed by atoms with Crippen molar-refractivity contribution >= 4 is 5.91 Å². The molecule has 1 amide bonds. The van der Waals surface area contributed by atoms with Crippen molar-refractivity contribution < 1.29 is 19.4 Å². The van der Waals surface area contributed by atoms with Gasteiger partial charge in [0.2, 0.25) is 5.91 Å². The summed E-state index contributed by atoms with van der Waals surface area (Å²) in [5, 5.41) is 13.1. The quantitative estimate of drug-likeness (QED) is 0.597. The zero-order valence-corrected chi connectivity index (χ0v) is 13.5. The third-order valence-electron chi connectivity index (χ3n) is 3.50. The van der Waals surface area contributed by atoms with Gasteiger partial charge in [0.05, 0.1) is 37.9 Å². The molecule has 1 aliphatic rings. The van der Waals surface area contributed by atoms with Crippen LogP contribution < -0.4 is 5.32 Å². The van der Waals surface area contributed by atoms with Gasteiger partial charge in [-0.15, -0.1) is 0 Å². The molecular weight excluding hydrogens is 272 g/mol. The number of likely N-dealkylation sites (N-methyl/N-ethyl adjacent to an activating group) is 1. The molecule has 2 atom stereocenters. The van der Waals surface area contributed by atoms with E-state index in [1.165, 1.54) is 0 Å². The first-order valence-corrected chi connectivity index (χ1v) is 7.83. The Balaban J connectivity index is 2.14. The van der Waals surface area contributed by atoms with Crippen molar-refractivity contribution in [3.05, 3.63) is 0 Å². The van der Waals surface area contributed by atoms with Crippen molar-refractivity contribution in [2.75, 3.05) is 46.5 Å². The van der Waals surface area contributed by atoms with Gasteiger partial charge in [0, 0.05) is 20.1 Å². The Kier molecular flexibility index (Phi) is 8.84. The molecule has 6 nitrogen and oxygen atoms in total. The van der Waals surface area contributed by atoms with Gasteiger partial charge in [0.1, 0.15) is 0 Å². The van der Waals surface area contributed by atoms with Gasteiger partial charge >= 0.3 is 0 Å². The van der Waals surface area contributed by atoms with Crippen LogP contribution in [0.4, 0.5) is 0 Å². The van der Waals surface area contributed by atoms with Crippen molar-refractivity contribution in [2.24, 2.45) is 5.92 Å². The summed E-state index contributed by atoms with van der Waals surface area (Å²) in [6, 6.07) is 0. The lowest BCUT2D eigenvalue weighted by Gasteiger charge is -2.28. The van der Waals surface area contributed by atoms with Gasteiger partial charge < -0.3 is 24.8 Å². The van der Waals surface area contributed by atoms with Gasteiger partial charge in [0.25, 0.3) is 0 Å². The Morgan fingerprint density at radius 3 is 2.81 bits per heavy atom. The third kappa shape index (κ3) is 7.76. The largest absolute Gasteiger partial charge is 0.389 e. The van der Waals surface area contributed by atoms with Gasteiger partial charge in [-0.25, -0.2) is 0 Å². The Hall–Kier alpha value is -0.690. The average molecular weight is 302 g/mol. The van der Waals surface area contributed by atoms with Crippen LogP contribution in [0.2, 0.25) is 0 Å². The summed E-state index contributed by atoms with van der Waals surface area (Å²) in [6.07, 6.45) is 1.49. The highest BCUT2D eigenvalue weighted by atomic mass is 16.5. The molecule has 2 unspecified atom stereocenters. The molecule has 1 heterocycles. The molecule has 6 heteroatoms. The van der Waals surface area contributed by atoms with Crippen LogP contribution in [0.25, 0.3) is 0 Å². The fourth-order valence-corrected chi connectivity index (χ4v) is 2.40. The van der Waals surface area contributed by atoms with Crippen LogP contribution in [-0.4, -0.2) is 74.6 Å². The smallest absolute Gasteiger partial charge is 0.226 e. The maximum absolute atomic E-state index is 12.2. The topological polar surface area (TPSA) is 71.0 Å². The summed E-state index contributed by atoms with van der Waals surface area (Å²) in [7, 11) is 1.74. The number of hydrogen-bond acceptors (Lipinski definition) is 5. The second-order valence-corrected chi connectivity index (χ2v) is 5.91. The minimum Gasteiger partial charge on any atom is -0.389 e. The molecule has 2 N–H and O–H groups in total. The van der Waals surface area contributed by atoms with Crippen molar-refractivity contribution in [1.29, 1.82) is 0 Å². The summed E-state index contributed by atoms with van der Waals surface area (Å²) < 4.78 is 10.7. The highest BCUT2D eigenvalue weighted by Crippen LogP contribution is 2.12. The highest BCUT2D eigenvalue weighted by Gasteiger charge is 2.24. The third-order valence-corrected chi connectivity index (χ3v) is 3.50. The first kappa shape index (κ1) is 18.4. The Bertz CT molecular complexity index is 293. The molecule has 124 valence electrons. The first-order chi connectivity index (χ1) is 10.0. The molecular formula is C15H30N2O4. The summed E-state index contributed by atoms with van der Waals surface area (Å²) in [5.74, 6) is 0.140. The van der Waals surface area contributed by atoms with Crippen LogP contribution in [-0.2, 0) is 14.3 Å². The molecule has 1 rings (SSSR count). The number of rotatable bonds is 9. The molecule has 21 heavy (non-hydrogen) atoms. The molecule has 0 bridgehead atoms. The Morgan fingerprint density at radius 2 is 2.19 bits per heavy atom. The fourth-order valence-electron chi connectivity index (χ4n) is 2.40. The van der Waals surface area contributed by atoms with Crippen LogP contribution in [0, 0.1) is 5.92 Å². The van der Waals surface area contributed by atoms with Gasteiger partial charge in [-0.05, 0) is 33.2 Å². The summed E-state index contributed by atoms with van der Waals surface area (Å²) in [4.78, 5) is 13.8. The summed E-state index contributed by atoms with van der Waals surface area (Å²) in [6.45, 7) is 7.17. The van der Waals surface area contributed by atoms with E-state index < -0.39 is 6.10 Å². The van der Waals surface area contributed by atoms with E-state index in [1.807, 2.05) is 13.8 Å². The van der Waals surface area contributed by atoms with E-state index >= 15 is 0 Å². The van der Waals surface area contributed by atoms with Gasteiger partial charge in [-0.2, -0.15) is 0 Å². The Morgan fingerprint density at radius 1 is 1.43 bits per heavy atom. The lowest BCUT2D eigenvalue weighted by atomic mass is 9.98. The second-order valence-electron chi connectivity index (χ2n) is 5.91. The van der Waals surface area contributed by atoms with Gasteiger partial charge in [-0.1, -0.05) is 0 Å². The molecule has 0 aromatic heterocycles. The monoisotopic (exact) mass is 302 g/mol. The highest BCUT2D eigenvalue weighted by molar-refractivity contribution is 5.78. The number of nitrogens with one attached hydrogen (secondary N) is 1. The number of nitrogens with zero attached hydrogens (tertiary/aromatic N) is 1. The second kappa shape index (κ2) is 10.1. The predicted octanol–water partition coefficient (Wildman–Crippen LogP) is 0.247. The van der Waals surface area contributed by atoms with Crippen LogP contribution in [0.15, 0.2) is 0 Å². The molecule has 1 aliphatic heterocycles. The van der Waals surface area contributed by atoms with E-state index in [1.54, 1.807) is 11.9 Å². The maximum Gasteiger partial charge on any atom is 0.226 e. The molecule has 0 aromatic carbocycles. The summed E-state index contributed by atoms with van der Waals surface area (Å²) >= 11 is 0. The van der Waals surface area contributed by atoms with Crippen LogP contribution in [0.5, 0.6) is 0 Å². The van der Waals surface area contributed by atoms with Crippen molar-refractivity contribution in [1.82, 2.24) is 10.2 Å². The number of carbonyl (C=O) groups is 1. The average Bonchev–Trinajstić information content (AvgIpc) is 2.46. The number of aliphatic hydroxyl groups excluding tert-OH is 1. The normalized spacial score (nSPS) is 20.5. The zero-order valence-electron chi connectivity index (χ0n) is 13.5. The number of amides is 1. The van der Waals surface area contributed by atoms with Gasteiger partial charge in [-0.3, -0.25) is 4.79 Å². The van der Waals surface area contributed by atoms with Crippen molar-refractivity contribution in [2.45, 2.75) is 38.9 Å². The number of hydrogen-bond donors (Lipinski definition) is 2. The van der Waals surface area contributed by atoms with Crippen LogP contribution in [0.1, 0.15) is 26.7 Å². The lowest BCUT2D eigenvalue weighted by molar-refractivity contribution is -0.136. The molecule has 1 fully saturated rings. The maximum atomic E-state index is 12.2. The van der Waals surface area contributed by atoms with E-state index in [2.05, 4.69) is 5.32 Å². The fraction of sp³-hybridized carbons (Fsp3) is 0.933. The lowest BCUT2D eigenvalue weighted by Crippen LogP contribution is -2.44. The molecule has 1 saturated heterocycles. The predicted molar refractivity (Wildman–Crippen MR) is 81.1 cm³/mol. The Labute approximate surface area is 127 Å². The minimum atomic E-state index is -0.658. The van der Waals surface area contributed by atoms with E-state index in [0.29, 0.717) is 19.8 Å². The van der Waals surface area contributed by atoms with Crippen LogP contribution >= 0.6 is 0 Å². The molecule has 0 aromatic rings. The van der Waals surface area contributed by atoms with E-state index in [0.717, 1.165) is 25.9 Å². The number of aliphatic hydroxyl groups is 1. The molecule has 0 aliphatic carbocycles. The van der Waals surface area contributed by atoms with E-state index in [-0.39, 0.29) is 24.5 Å². The van der Waals surface area contributed by atoms with Crippen molar-refractivity contribution in [3.63, 3.8) is 0 Å². The van der Waals surface area contributed by atoms with E-state index in [4.69, 9.17) is 9.47 Å². The summed E-state index contributed by atoms with van der Waals surface area (Å²) in [5.41, 5.74) is 0. The SMILES string of the molecule is CC(C)OCCOCC(O)CN(C)C(=O)C1CCCNC1. The van der Waals surface area contributed by atoms with E-state index in [9.17, 15) is 9.90 Å². The number of carbonyl (C=O) groups excluding carboxylic acids is 1. The first-order valence-electron chi connectivity index (χ1n) is 7.83. The van der Waals surface area contributed by atoms with Crippen molar-refractivity contribution in [3.8, 4) is 0 Å². The molecule has 0 saturated carbocycles. The molecule has 0 radical (unpaired) electrons. The van der Waals surface area contributed by atoms with Gasteiger partial charge in [0.15, 0.2) is 0 Å². The standard InChI is InChI=1S/C15H30N2O4/c1-12(2)21-8-7-20-11-14(18)10-17(3)15(19)13-5-4-6-16-9-13/h12-14,16,18H,4-11H2,1-3H3. The molecule has 0 spiro atoms. The number of piperidine rings is 1. The zero-order chi connectivity index (χ0) is 15.7. The van der Waals surface area contributed by atoms with Crippen LogP contribution in [0.3, 0.4) is 0 Å². The number of ether oxygens (including phenoxy) is 2. The minimum absolute atomic E-state index is 0.0383.